The molecule has 1 fully saturated rings. The van der Waals surface area contributed by atoms with Gasteiger partial charge in [0.05, 0.1) is 12.2 Å². The lowest BCUT2D eigenvalue weighted by atomic mass is 10.1. The summed E-state index contributed by atoms with van der Waals surface area (Å²) in [5, 5.41) is 2.86. The van der Waals surface area contributed by atoms with Gasteiger partial charge in [-0.2, -0.15) is 0 Å². The van der Waals surface area contributed by atoms with E-state index < -0.39 is 6.04 Å². The molecule has 1 atom stereocenters. The fraction of sp³-hybridized carbons (Fsp3) is 0.316. The van der Waals surface area contributed by atoms with E-state index in [-0.39, 0.29) is 11.8 Å². The highest BCUT2D eigenvalue weighted by Crippen LogP contribution is 2.26. The van der Waals surface area contributed by atoms with Crippen molar-refractivity contribution in [3.8, 4) is 5.75 Å². The lowest BCUT2D eigenvalue weighted by molar-refractivity contribution is -0.119. The molecule has 1 aromatic heterocycles. The van der Waals surface area contributed by atoms with Crippen molar-refractivity contribution in [1.29, 1.82) is 0 Å². The second-order valence-corrected chi connectivity index (χ2v) is 5.81. The lowest BCUT2D eigenvalue weighted by Gasteiger charge is -2.25. The number of likely N-dealkylation sites (tertiary alicyclic amines) is 1. The average Bonchev–Trinajstić information content (AvgIpc) is 3.13. The number of carbonyl (C=O) groups excluding carboxylic acids is 2. The van der Waals surface area contributed by atoms with Gasteiger partial charge in [0.25, 0.3) is 5.91 Å². The van der Waals surface area contributed by atoms with Gasteiger partial charge < -0.3 is 15.0 Å². The Labute approximate surface area is 146 Å². The van der Waals surface area contributed by atoms with E-state index in [1.165, 1.54) is 0 Å². The highest BCUT2D eigenvalue weighted by atomic mass is 16.5. The Morgan fingerprint density at radius 3 is 2.76 bits per heavy atom. The number of ether oxygens (including phenoxy) is 1. The second-order valence-electron chi connectivity index (χ2n) is 5.81. The van der Waals surface area contributed by atoms with Crippen molar-refractivity contribution < 1.29 is 14.3 Å². The molecule has 0 aliphatic carbocycles. The van der Waals surface area contributed by atoms with Crippen molar-refractivity contribution in [2.45, 2.75) is 25.8 Å². The number of anilines is 1. The average molecular weight is 339 g/mol. The Balaban J connectivity index is 1.77. The molecule has 0 bridgehead atoms. The van der Waals surface area contributed by atoms with E-state index in [2.05, 4.69) is 10.3 Å². The molecule has 0 saturated carbocycles. The fourth-order valence-electron chi connectivity index (χ4n) is 3.02. The summed E-state index contributed by atoms with van der Waals surface area (Å²) >= 11 is 0. The van der Waals surface area contributed by atoms with Gasteiger partial charge in [-0.3, -0.25) is 14.6 Å². The number of carbonyl (C=O) groups is 2. The smallest absolute Gasteiger partial charge is 0.258 e. The minimum Gasteiger partial charge on any atom is -0.493 e. The van der Waals surface area contributed by atoms with Gasteiger partial charge in [0.2, 0.25) is 5.91 Å². The third-order valence-corrected chi connectivity index (χ3v) is 4.18. The number of amides is 2. The molecule has 2 aromatic rings. The van der Waals surface area contributed by atoms with Crippen LogP contribution in [0.3, 0.4) is 0 Å². The zero-order valence-electron chi connectivity index (χ0n) is 14.1. The van der Waals surface area contributed by atoms with Crippen LogP contribution in [-0.2, 0) is 4.79 Å². The molecule has 25 heavy (non-hydrogen) atoms. The van der Waals surface area contributed by atoms with E-state index in [9.17, 15) is 9.59 Å². The summed E-state index contributed by atoms with van der Waals surface area (Å²) in [6.07, 6.45) is 4.69. The van der Waals surface area contributed by atoms with Gasteiger partial charge >= 0.3 is 0 Å². The molecule has 0 spiro atoms. The molecular weight excluding hydrogens is 318 g/mol. The summed E-state index contributed by atoms with van der Waals surface area (Å²) in [6, 6.07) is 10.1. The SMILES string of the molecule is CCOc1ccccc1C(=O)N1CCC[C@H]1C(=O)Nc1ccncc1. The Morgan fingerprint density at radius 2 is 2.00 bits per heavy atom. The van der Waals surface area contributed by atoms with E-state index in [0.717, 1.165) is 6.42 Å². The van der Waals surface area contributed by atoms with Gasteiger partial charge in [-0.1, -0.05) is 12.1 Å². The van der Waals surface area contributed by atoms with Crippen molar-refractivity contribution in [2.24, 2.45) is 0 Å². The van der Waals surface area contributed by atoms with Crippen molar-refractivity contribution in [3.05, 3.63) is 54.4 Å². The quantitative estimate of drug-likeness (QED) is 0.909. The summed E-state index contributed by atoms with van der Waals surface area (Å²) in [5.74, 6) is 0.206. The monoisotopic (exact) mass is 339 g/mol. The molecule has 1 aliphatic rings. The van der Waals surface area contributed by atoms with E-state index in [4.69, 9.17) is 4.74 Å². The summed E-state index contributed by atoms with van der Waals surface area (Å²) in [4.78, 5) is 31.1. The van der Waals surface area contributed by atoms with Crippen LogP contribution < -0.4 is 10.1 Å². The number of aromatic nitrogens is 1. The van der Waals surface area contributed by atoms with Crippen molar-refractivity contribution in [3.63, 3.8) is 0 Å². The number of rotatable bonds is 5. The fourth-order valence-corrected chi connectivity index (χ4v) is 3.02. The minimum absolute atomic E-state index is 0.170. The Hall–Kier alpha value is -2.89. The Bertz CT molecular complexity index is 749. The first-order valence-corrected chi connectivity index (χ1v) is 8.44. The molecule has 1 N–H and O–H groups in total. The zero-order valence-corrected chi connectivity index (χ0v) is 14.1. The van der Waals surface area contributed by atoms with Crippen LogP contribution in [0.5, 0.6) is 5.75 Å². The summed E-state index contributed by atoms with van der Waals surface area (Å²) in [7, 11) is 0. The molecule has 1 aromatic carbocycles. The van der Waals surface area contributed by atoms with Crippen molar-refractivity contribution in [1.82, 2.24) is 9.88 Å². The van der Waals surface area contributed by atoms with Crippen molar-refractivity contribution >= 4 is 17.5 Å². The largest absolute Gasteiger partial charge is 0.493 e. The number of hydrogen-bond acceptors (Lipinski definition) is 4. The molecule has 1 saturated heterocycles. The first-order chi connectivity index (χ1) is 12.2. The molecule has 3 rings (SSSR count). The predicted octanol–water partition coefficient (Wildman–Crippen LogP) is 2.72. The van der Waals surface area contributed by atoms with Crippen LogP contribution >= 0.6 is 0 Å². The maximum Gasteiger partial charge on any atom is 0.258 e. The van der Waals surface area contributed by atoms with Crippen LogP contribution in [0, 0.1) is 0 Å². The standard InChI is InChI=1S/C19H21N3O3/c1-2-25-17-8-4-3-6-15(17)19(24)22-13-5-7-16(22)18(23)21-14-9-11-20-12-10-14/h3-4,6,8-12,16H,2,5,7,13H2,1H3,(H,20,21,23)/t16-/m0/s1. The molecule has 6 nitrogen and oxygen atoms in total. The van der Waals surface area contributed by atoms with E-state index in [1.54, 1.807) is 47.6 Å². The molecule has 2 amide bonds. The van der Waals surface area contributed by atoms with Crippen LogP contribution in [0.1, 0.15) is 30.1 Å². The maximum absolute atomic E-state index is 13.0. The van der Waals surface area contributed by atoms with Crippen LogP contribution in [0.4, 0.5) is 5.69 Å². The summed E-state index contributed by atoms with van der Waals surface area (Å²) in [6.45, 7) is 2.92. The Kier molecular flexibility index (Phi) is 5.28. The number of pyridine rings is 1. The first kappa shape index (κ1) is 17.0. The molecule has 0 unspecified atom stereocenters. The predicted molar refractivity (Wildman–Crippen MR) is 94.5 cm³/mol. The summed E-state index contributed by atoms with van der Waals surface area (Å²) in [5.41, 5.74) is 1.17. The normalized spacial score (nSPS) is 16.5. The van der Waals surface area contributed by atoms with Gasteiger partial charge in [-0.15, -0.1) is 0 Å². The minimum atomic E-state index is -0.477. The molecule has 130 valence electrons. The molecule has 0 radical (unpaired) electrons. The maximum atomic E-state index is 13.0. The highest BCUT2D eigenvalue weighted by Gasteiger charge is 2.35. The third kappa shape index (κ3) is 3.79. The number of hydrogen-bond donors (Lipinski definition) is 1. The number of benzene rings is 1. The van der Waals surface area contributed by atoms with Crippen LogP contribution in [-0.4, -0.2) is 40.9 Å². The molecule has 6 heteroatoms. The molecular formula is C19H21N3O3. The topological polar surface area (TPSA) is 71.5 Å². The highest BCUT2D eigenvalue weighted by molar-refractivity contribution is 6.02. The Morgan fingerprint density at radius 1 is 1.24 bits per heavy atom. The van der Waals surface area contributed by atoms with Crippen LogP contribution in [0.25, 0.3) is 0 Å². The second kappa shape index (κ2) is 7.79. The van der Waals surface area contributed by atoms with Gasteiger partial charge in [-0.25, -0.2) is 0 Å². The van der Waals surface area contributed by atoms with E-state index in [1.807, 2.05) is 13.0 Å². The zero-order chi connectivity index (χ0) is 17.6. The van der Waals surface area contributed by atoms with Gasteiger partial charge in [0.1, 0.15) is 11.8 Å². The van der Waals surface area contributed by atoms with Crippen molar-refractivity contribution in [2.75, 3.05) is 18.5 Å². The number of nitrogens with zero attached hydrogens (tertiary/aromatic N) is 2. The number of nitrogens with one attached hydrogen (secondary N) is 1. The third-order valence-electron chi connectivity index (χ3n) is 4.18. The van der Waals surface area contributed by atoms with Crippen LogP contribution in [0.15, 0.2) is 48.8 Å². The molecule has 1 aliphatic heterocycles. The van der Waals surface area contributed by atoms with Gasteiger partial charge in [0, 0.05) is 24.6 Å². The summed E-state index contributed by atoms with van der Waals surface area (Å²) < 4.78 is 5.55. The van der Waals surface area contributed by atoms with E-state index >= 15 is 0 Å². The first-order valence-electron chi connectivity index (χ1n) is 8.44. The van der Waals surface area contributed by atoms with Gasteiger partial charge in [0.15, 0.2) is 0 Å². The van der Waals surface area contributed by atoms with Crippen LogP contribution in [0.2, 0.25) is 0 Å². The lowest BCUT2D eigenvalue weighted by Crippen LogP contribution is -2.43. The van der Waals surface area contributed by atoms with E-state index in [0.29, 0.717) is 36.6 Å². The molecule has 2 heterocycles. The number of para-hydroxylation sites is 1. The van der Waals surface area contributed by atoms with Gasteiger partial charge in [-0.05, 0) is 44.0 Å².